The van der Waals surface area contributed by atoms with E-state index in [4.69, 9.17) is 11.5 Å². The van der Waals surface area contributed by atoms with Crippen molar-refractivity contribution in [1.82, 2.24) is 9.97 Å². The number of nitrogens with one attached hydrogen (secondary N) is 1. The molecule has 0 aliphatic heterocycles. The lowest BCUT2D eigenvalue weighted by atomic mass is 10.3. The van der Waals surface area contributed by atoms with Crippen molar-refractivity contribution in [3.05, 3.63) is 18.7 Å². The summed E-state index contributed by atoms with van der Waals surface area (Å²) in [4.78, 5) is 6.42. The molecule has 0 fully saturated rings. The predicted molar refractivity (Wildman–Crippen MR) is 45.9 cm³/mol. The standard InChI is InChI=1S/C4H12N2.C3H4N2/c5-3-1-2-4-6;1-2-5-3-4-1/h1-6H2;1-3H,(H,4,5). The molecule has 0 radical (unpaired) electrons. The van der Waals surface area contributed by atoms with E-state index in [0.29, 0.717) is 0 Å². The third kappa shape index (κ3) is 9.13. The second kappa shape index (κ2) is 9.13. The Balaban J connectivity index is 0.000000183. The molecule has 0 bridgehead atoms. The van der Waals surface area contributed by atoms with Gasteiger partial charge in [-0.05, 0) is 25.9 Å². The Bertz CT molecular complexity index is 106. The van der Waals surface area contributed by atoms with Crippen LogP contribution >= 0.6 is 0 Å². The van der Waals surface area contributed by atoms with Crippen LogP contribution in [0.2, 0.25) is 0 Å². The van der Waals surface area contributed by atoms with Gasteiger partial charge in [0.2, 0.25) is 0 Å². The van der Waals surface area contributed by atoms with E-state index in [0.717, 1.165) is 25.9 Å². The number of aromatic nitrogens is 2. The van der Waals surface area contributed by atoms with Crippen LogP contribution in [0.5, 0.6) is 0 Å². The van der Waals surface area contributed by atoms with Crippen molar-refractivity contribution >= 4 is 0 Å². The van der Waals surface area contributed by atoms with Crippen molar-refractivity contribution in [2.24, 2.45) is 11.5 Å². The fourth-order valence-corrected chi connectivity index (χ4v) is 0.504. The highest BCUT2D eigenvalue weighted by molar-refractivity contribution is 4.64. The molecule has 4 nitrogen and oxygen atoms in total. The van der Waals surface area contributed by atoms with Crippen LogP contribution in [0, 0.1) is 0 Å². The van der Waals surface area contributed by atoms with Gasteiger partial charge in [-0.15, -0.1) is 0 Å². The van der Waals surface area contributed by atoms with Crippen LogP contribution in [-0.2, 0) is 0 Å². The first kappa shape index (κ1) is 10.1. The van der Waals surface area contributed by atoms with Crippen molar-refractivity contribution in [3.8, 4) is 0 Å². The lowest BCUT2D eigenvalue weighted by Crippen LogP contribution is -2.03. The number of unbranched alkanes of at least 4 members (excludes halogenated alkanes) is 1. The van der Waals surface area contributed by atoms with Crippen molar-refractivity contribution in [1.29, 1.82) is 0 Å². The van der Waals surface area contributed by atoms with E-state index in [2.05, 4.69) is 9.97 Å². The topological polar surface area (TPSA) is 80.7 Å². The second-order valence-electron chi connectivity index (χ2n) is 2.05. The highest BCUT2D eigenvalue weighted by Gasteiger charge is 1.75. The molecule has 11 heavy (non-hydrogen) atoms. The van der Waals surface area contributed by atoms with Crippen LogP contribution in [0.1, 0.15) is 12.8 Å². The number of aromatic amines is 1. The molecule has 0 spiro atoms. The number of nitrogens with zero attached hydrogens (tertiary/aromatic N) is 1. The fraction of sp³-hybridized carbons (Fsp3) is 0.571. The van der Waals surface area contributed by atoms with Gasteiger partial charge in [0, 0.05) is 12.4 Å². The summed E-state index contributed by atoms with van der Waals surface area (Å²) in [7, 11) is 0. The minimum absolute atomic E-state index is 0.775. The molecule has 0 aromatic carbocycles. The smallest absolute Gasteiger partial charge is 0.0919 e. The van der Waals surface area contributed by atoms with Gasteiger partial charge < -0.3 is 16.5 Å². The maximum Gasteiger partial charge on any atom is 0.0919 e. The number of rotatable bonds is 3. The van der Waals surface area contributed by atoms with E-state index < -0.39 is 0 Å². The summed E-state index contributed by atoms with van der Waals surface area (Å²) in [5.74, 6) is 0. The molecule has 1 heterocycles. The Morgan fingerprint density at radius 3 is 2.00 bits per heavy atom. The van der Waals surface area contributed by atoms with Crippen molar-refractivity contribution in [2.75, 3.05) is 13.1 Å². The maximum absolute atomic E-state index is 5.16. The Kier molecular flexibility index (Phi) is 8.41. The van der Waals surface area contributed by atoms with E-state index in [9.17, 15) is 0 Å². The molecule has 1 aromatic rings. The van der Waals surface area contributed by atoms with Gasteiger partial charge in [0.25, 0.3) is 0 Å². The highest BCUT2D eigenvalue weighted by atomic mass is 14.8. The highest BCUT2D eigenvalue weighted by Crippen LogP contribution is 1.77. The molecule has 0 unspecified atom stereocenters. The molecule has 0 saturated heterocycles. The van der Waals surface area contributed by atoms with Gasteiger partial charge in [0.15, 0.2) is 0 Å². The minimum atomic E-state index is 0.775. The molecule has 4 heteroatoms. The van der Waals surface area contributed by atoms with Crippen molar-refractivity contribution in [2.45, 2.75) is 12.8 Å². The van der Waals surface area contributed by atoms with Gasteiger partial charge >= 0.3 is 0 Å². The molecular weight excluding hydrogens is 140 g/mol. The average molecular weight is 156 g/mol. The molecular formula is C7H16N4. The molecule has 0 aliphatic carbocycles. The summed E-state index contributed by atoms with van der Waals surface area (Å²) in [6.45, 7) is 1.55. The zero-order valence-electron chi connectivity index (χ0n) is 6.66. The molecule has 0 atom stereocenters. The quantitative estimate of drug-likeness (QED) is 0.543. The zero-order valence-corrected chi connectivity index (χ0v) is 6.66. The predicted octanol–water partition coefficient (Wildman–Crippen LogP) is 0.0937. The minimum Gasteiger partial charge on any atom is -0.351 e. The number of imidazole rings is 1. The van der Waals surface area contributed by atoms with Crippen LogP contribution in [0.3, 0.4) is 0 Å². The number of H-pyrrole nitrogens is 1. The second-order valence-corrected chi connectivity index (χ2v) is 2.05. The molecule has 0 saturated carbocycles. The van der Waals surface area contributed by atoms with Gasteiger partial charge in [0.1, 0.15) is 0 Å². The van der Waals surface area contributed by atoms with Gasteiger partial charge in [-0.25, -0.2) is 4.98 Å². The fourth-order valence-electron chi connectivity index (χ4n) is 0.504. The summed E-state index contributed by atoms with van der Waals surface area (Å²) in [6, 6.07) is 0. The maximum atomic E-state index is 5.16. The summed E-state index contributed by atoms with van der Waals surface area (Å²) >= 11 is 0. The van der Waals surface area contributed by atoms with Crippen LogP contribution < -0.4 is 11.5 Å². The van der Waals surface area contributed by atoms with E-state index in [1.54, 1.807) is 18.7 Å². The zero-order chi connectivity index (χ0) is 8.36. The normalized spacial score (nSPS) is 8.55. The van der Waals surface area contributed by atoms with Gasteiger partial charge in [-0.2, -0.15) is 0 Å². The summed E-state index contributed by atoms with van der Waals surface area (Å²) in [6.07, 6.45) is 7.22. The Labute approximate surface area is 67.0 Å². The first-order chi connectivity index (χ1) is 5.41. The lowest BCUT2D eigenvalue weighted by molar-refractivity contribution is 0.755. The van der Waals surface area contributed by atoms with Gasteiger partial charge in [-0.3, -0.25) is 0 Å². The third-order valence-corrected chi connectivity index (χ3v) is 1.06. The van der Waals surface area contributed by atoms with Crippen LogP contribution in [0.25, 0.3) is 0 Å². The molecule has 0 aliphatic rings. The van der Waals surface area contributed by atoms with E-state index in [-0.39, 0.29) is 0 Å². The summed E-state index contributed by atoms with van der Waals surface area (Å²) in [5, 5.41) is 0. The molecule has 1 aromatic heterocycles. The number of hydrogen-bond acceptors (Lipinski definition) is 3. The summed E-state index contributed by atoms with van der Waals surface area (Å²) in [5.41, 5.74) is 10.3. The molecule has 5 N–H and O–H groups in total. The summed E-state index contributed by atoms with van der Waals surface area (Å²) < 4.78 is 0. The molecule has 1 rings (SSSR count). The van der Waals surface area contributed by atoms with Gasteiger partial charge in [-0.1, -0.05) is 0 Å². The SMILES string of the molecule is NCCCCN.c1c[nH]cn1. The van der Waals surface area contributed by atoms with E-state index in [1.165, 1.54) is 0 Å². The number of hydrogen-bond donors (Lipinski definition) is 3. The Morgan fingerprint density at radius 2 is 1.82 bits per heavy atom. The van der Waals surface area contributed by atoms with Crippen LogP contribution in [-0.4, -0.2) is 23.1 Å². The number of nitrogens with two attached hydrogens (primary N) is 2. The van der Waals surface area contributed by atoms with Crippen molar-refractivity contribution < 1.29 is 0 Å². The van der Waals surface area contributed by atoms with E-state index >= 15 is 0 Å². The first-order valence-corrected chi connectivity index (χ1v) is 3.74. The Hall–Kier alpha value is -0.870. The van der Waals surface area contributed by atoms with Crippen LogP contribution in [0.4, 0.5) is 0 Å². The van der Waals surface area contributed by atoms with Crippen molar-refractivity contribution in [3.63, 3.8) is 0 Å². The van der Waals surface area contributed by atoms with E-state index in [1.807, 2.05) is 0 Å². The monoisotopic (exact) mass is 156 g/mol. The first-order valence-electron chi connectivity index (χ1n) is 3.74. The molecule has 0 amide bonds. The largest absolute Gasteiger partial charge is 0.351 e. The average Bonchev–Trinajstić information content (AvgIpc) is 2.57. The molecule has 64 valence electrons. The van der Waals surface area contributed by atoms with Gasteiger partial charge in [0.05, 0.1) is 6.33 Å². The Morgan fingerprint density at radius 1 is 1.18 bits per heavy atom. The van der Waals surface area contributed by atoms with Crippen LogP contribution in [0.15, 0.2) is 18.7 Å². The lowest BCUT2D eigenvalue weighted by Gasteiger charge is -1.87. The third-order valence-electron chi connectivity index (χ3n) is 1.06.